The number of benzene rings is 2. The van der Waals surface area contributed by atoms with Crippen LogP contribution < -0.4 is 14.8 Å². The first-order chi connectivity index (χ1) is 11.2. The molecule has 0 aromatic heterocycles. The summed E-state index contributed by atoms with van der Waals surface area (Å²) < 4.78 is 8.48. The Morgan fingerprint density at radius 3 is 2.21 bits per heavy atom. The minimum Gasteiger partial charge on any atom is -0.452 e. The van der Waals surface area contributed by atoms with Gasteiger partial charge in [0.15, 0.2) is 11.3 Å². The van der Waals surface area contributed by atoms with E-state index in [0.29, 0.717) is 0 Å². The Morgan fingerprint density at radius 2 is 1.62 bits per heavy atom. The van der Waals surface area contributed by atoms with Crippen LogP contribution in [0.2, 0.25) is 0 Å². The molecule has 0 bridgehead atoms. The minimum absolute atomic E-state index is 0.827. The Morgan fingerprint density at radius 1 is 0.958 bits per heavy atom. The van der Waals surface area contributed by atoms with Crippen molar-refractivity contribution in [3.05, 3.63) is 39.7 Å². The van der Waals surface area contributed by atoms with Gasteiger partial charge < -0.3 is 9.32 Å². The van der Waals surface area contributed by atoms with Crippen molar-refractivity contribution in [1.29, 1.82) is 0 Å². The van der Waals surface area contributed by atoms with E-state index in [2.05, 4.69) is 63.4 Å². The molecule has 4 heteroatoms. The van der Waals surface area contributed by atoms with Gasteiger partial charge in [-0.1, -0.05) is 0 Å². The summed E-state index contributed by atoms with van der Waals surface area (Å²) in [6, 6.07) is 4.19. The Hall–Kier alpha value is -2.36. The molecule has 1 heterocycles. The number of aryl methyl sites for hydroxylation is 1. The maximum atomic E-state index is 6.33. The molecule has 0 saturated heterocycles. The number of anilines is 1. The zero-order valence-electron chi connectivity index (χ0n) is 15.9. The monoisotopic (exact) mass is 324 g/mol. The highest BCUT2D eigenvalue weighted by atomic mass is 16.3. The summed E-state index contributed by atoms with van der Waals surface area (Å²) in [6.45, 7) is 8.50. The van der Waals surface area contributed by atoms with Crippen LogP contribution in [0.1, 0.15) is 22.3 Å². The molecule has 1 aromatic carbocycles. The van der Waals surface area contributed by atoms with Crippen molar-refractivity contribution in [3.63, 3.8) is 0 Å². The highest BCUT2D eigenvalue weighted by Crippen LogP contribution is 2.33. The van der Waals surface area contributed by atoms with Crippen LogP contribution in [0.15, 0.2) is 16.5 Å². The molecule has 126 valence electrons. The largest absolute Gasteiger partial charge is 0.452 e. The van der Waals surface area contributed by atoms with E-state index in [4.69, 9.17) is 9.40 Å². The van der Waals surface area contributed by atoms with Crippen LogP contribution >= 0.6 is 0 Å². The van der Waals surface area contributed by atoms with E-state index in [1.54, 1.807) is 0 Å². The van der Waals surface area contributed by atoms with Gasteiger partial charge in [-0.05, 0) is 44.9 Å². The van der Waals surface area contributed by atoms with E-state index in [1.807, 2.05) is 14.1 Å². The maximum Gasteiger partial charge on any atom is 0.209 e. The van der Waals surface area contributed by atoms with E-state index >= 15 is 0 Å². The van der Waals surface area contributed by atoms with Crippen LogP contribution in [0, 0.1) is 27.7 Å². The molecule has 0 fully saturated rings. The summed E-state index contributed by atoms with van der Waals surface area (Å²) >= 11 is 0. The first kappa shape index (κ1) is 16.5. The first-order valence-corrected chi connectivity index (χ1v) is 8.25. The Bertz CT molecular complexity index is 992. The summed E-state index contributed by atoms with van der Waals surface area (Å²) in [4.78, 5) is 7.03. The van der Waals surface area contributed by atoms with Gasteiger partial charge in [0.05, 0.1) is 5.56 Å². The average Bonchev–Trinajstić information content (AvgIpc) is 2.50. The molecule has 3 rings (SSSR count). The molecular formula is C20H26N3O+. The molecule has 0 N–H and O–H groups in total. The number of nitrogens with zero attached hydrogens (tertiary/aromatic N) is 3. The van der Waals surface area contributed by atoms with Crippen molar-refractivity contribution in [2.75, 3.05) is 33.1 Å². The molecule has 0 unspecified atom stereocenters. The molecule has 2 aliphatic rings. The van der Waals surface area contributed by atoms with Crippen molar-refractivity contribution >= 4 is 16.8 Å². The van der Waals surface area contributed by atoms with Crippen LogP contribution in [0.4, 0.5) is 5.69 Å². The van der Waals surface area contributed by atoms with Crippen LogP contribution in [0.25, 0.3) is 22.6 Å². The molecular weight excluding hydrogens is 298 g/mol. The van der Waals surface area contributed by atoms with E-state index in [1.165, 1.54) is 22.0 Å². The standard InChI is InChI=1S/C20H26N3O/c1-11-9-15-17(10-16(11)22(5)6)24-20-14(4)19(23(7)8)13(3)12(2)18(20)21-15/h9-10H,1-8H3/q+1. The van der Waals surface area contributed by atoms with Crippen LogP contribution in [0.3, 0.4) is 0 Å². The third kappa shape index (κ3) is 2.37. The van der Waals surface area contributed by atoms with Gasteiger partial charge in [0, 0.05) is 31.4 Å². The summed E-state index contributed by atoms with van der Waals surface area (Å²) in [5, 5.41) is 1.21. The molecule has 1 aliphatic heterocycles. The molecule has 0 radical (unpaired) electrons. The molecule has 1 aliphatic carbocycles. The highest BCUT2D eigenvalue weighted by Gasteiger charge is 2.22. The van der Waals surface area contributed by atoms with E-state index in [-0.39, 0.29) is 0 Å². The summed E-state index contributed by atoms with van der Waals surface area (Å²) in [7, 11) is 8.24. The number of hydrogen-bond donors (Lipinski definition) is 0. The van der Waals surface area contributed by atoms with E-state index in [9.17, 15) is 0 Å². The highest BCUT2D eigenvalue weighted by molar-refractivity contribution is 5.83. The van der Waals surface area contributed by atoms with Gasteiger partial charge in [0.2, 0.25) is 5.36 Å². The third-order valence-corrected chi connectivity index (χ3v) is 4.83. The van der Waals surface area contributed by atoms with E-state index in [0.717, 1.165) is 33.8 Å². The van der Waals surface area contributed by atoms with Crippen LogP contribution in [-0.4, -0.2) is 33.2 Å². The van der Waals surface area contributed by atoms with Gasteiger partial charge in [-0.2, -0.15) is 0 Å². The molecule has 0 amide bonds. The second-order valence-electron chi connectivity index (χ2n) is 7.01. The van der Waals surface area contributed by atoms with Crippen LogP contribution in [-0.2, 0) is 0 Å². The van der Waals surface area contributed by atoms with Gasteiger partial charge in [-0.25, -0.2) is 9.56 Å². The SMILES string of the molecule is Cc1cc2nc3c(C)c(C)c(=[N+](C)C)c(C)c-3oc2cc1N(C)C. The maximum absolute atomic E-state index is 6.33. The van der Waals surface area contributed by atoms with Crippen molar-refractivity contribution in [3.8, 4) is 11.5 Å². The second-order valence-corrected chi connectivity index (χ2v) is 7.01. The van der Waals surface area contributed by atoms with Crippen molar-refractivity contribution in [2.45, 2.75) is 27.7 Å². The second kappa shape index (κ2) is 5.62. The molecule has 24 heavy (non-hydrogen) atoms. The smallest absolute Gasteiger partial charge is 0.209 e. The lowest BCUT2D eigenvalue weighted by Crippen LogP contribution is -2.29. The fourth-order valence-corrected chi connectivity index (χ4v) is 3.57. The van der Waals surface area contributed by atoms with Crippen molar-refractivity contribution < 1.29 is 4.42 Å². The van der Waals surface area contributed by atoms with Crippen LogP contribution in [0.5, 0.6) is 0 Å². The van der Waals surface area contributed by atoms with Gasteiger partial charge in [-0.3, -0.25) is 0 Å². The Balaban J connectivity index is 2.51. The van der Waals surface area contributed by atoms with Gasteiger partial charge in [0.25, 0.3) is 0 Å². The predicted octanol–water partition coefficient (Wildman–Crippen LogP) is 3.26. The lowest BCUT2D eigenvalue weighted by atomic mass is 9.98. The fraction of sp³-hybridized carbons (Fsp3) is 0.400. The molecule has 0 atom stereocenters. The third-order valence-electron chi connectivity index (χ3n) is 4.83. The lowest BCUT2D eigenvalue weighted by molar-refractivity contribution is 0.603. The first-order valence-electron chi connectivity index (χ1n) is 8.25. The molecule has 0 spiro atoms. The van der Waals surface area contributed by atoms with Gasteiger partial charge >= 0.3 is 0 Å². The summed E-state index contributed by atoms with van der Waals surface area (Å²) in [5.41, 5.74) is 8.62. The van der Waals surface area contributed by atoms with Gasteiger partial charge in [-0.15, -0.1) is 0 Å². The average molecular weight is 324 g/mol. The number of rotatable bonds is 1. The van der Waals surface area contributed by atoms with Crippen molar-refractivity contribution in [2.24, 2.45) is 0 Å². The normalized spacial score (nSPS) is 11.3. The minimum atomic E-state index is 0.827. The summed E-state index contributed by atoms with van der Waals surface area (Å²) in [5.74, 6) is 0.878. The van der Waals surface area contributed by atoms with Crippen molar-refractivity contribution in [1.82, 2.24) is 9.56 Å². The van der Waals surface area contributed by atoms with Gasteiger partial charge in [0.1, 0.15) is 25.3 Å². The quantitative estimate of drug-likeness (QED) is 0.509. The zero-order valence-corrected chi connectivity index (χ0v) is 15.9. The summed E-state index contributed by atoms with van der Waals surface area (Å²) in [6.07, 6.45) is 0. The zero-order chi connectivity index (χ0) is 17.8. The predicted molar refractivity (Wildman–Crippen MR) is 101 cm³/mol. The topological polar surface area (TPSA) is 32.3 Å². The fourth-order valence-electron chi connectivity index (χ4n) is 3.57. The molecule has 4 nitrogen and oxygen atoms in total. The molecule has 1 aromatic rings. The Labute approximate surface area is 143 Å². The molecule has 0 saturated carbocycles. The number of fused-ring (bicyclic) bond motifs is 2. The number of hydrogen-bond acceptors (Lipinski definition) is 3. The van der Waals surface area contributed by atoms with E-state index < -0.39 is 0 Å². The number of aromatic nitrogens is 1. The lowest BCUT2D eigenvalue weighted by Gasteiger charge is -2.18. The Kier molecular flexibility index (Phi) is 3.86.